The van der Waals surface area contributed by atoms with E-state index in [2.05, 4.69) is 15.2 Å². The van der Waals surface area contributed by atoms with Crippen LogP contribution < -0.4 is 10.5 Å². The predicted octanol–water partition coefficient (Wildman–Crippen LogP) is 3.18. The summed E-state index contributed by atoms with van der Waals surface area (Å²) in [6.45, 7) is -1.38. The maximum Gasteiger partial charge on any atom is 0.422 e. The summed E-state index contributed by atoms with van der Waals surface area (Å²) in [6, 6.07) is 13.2. The van der Waals surface area contributed by atoms with Crippen LogP contribution in [-0.4, -0.2) is 33.9 Å². The van der Waals surface area contributed by atoms with Crippen LogP contribution in [0, 0.1) is 0 Å². The molecule has 0 aliphatic carbocycles. The molecule has 0 aliphatic heterocycles. The number of hydrogen-bond donors (Lipinski definition) is 2. The first-order chi connectivity index (χ1) is 12.3. The molecule has 6 nitrogen and oxygen atoms in total. The molecule has 26 heavy (non-hydrogen) atoms. The average Bonchev–Trinajstić information content (AvgIpc) is 3.10. The van der Waals surface area contributed by atoms with Crippen LogP contribution in [0.1, 0.15) is 10.6 Å². The Balaban J connectivity index is 1.94. The molecular weight excluding hydrogens is 349 g/mol. The number of primary amides is 1. The van der Waals surface area contributed by atoms with Crippen LogP contribution in [0.15, 0.2) is 48.5 Å². The minimum atomic E-state index is -4.43. The third kappa shape index (κ3) is 4.00. The summed E-state index contributed by atoms with van der Waals surface area (Å²) in [4.78, 5) is 15.1. The van der Waals surface area contributed by atoms with Crippen molar-refractivity contribution in [2.75, 3.05) is 6.61 Å². The van der Waals surface area contributed by atoms with Crippen LogP contribution >= 0.6 is 0 Å². The van der Waals surface area contributed by atoms with Gasteiger partial charge in [-0.05, 0) is 17.7 Å². The summed E-state index contributed by atoms with van der Waals surface area (Å²) in [5, 5.41) is 6.34. The fraction of sp³-hybridized carbons (Fsp3) is 0.118. The van der Waals surface area contributed by atoms with Gasteiger partial charge in [-0.3, -0.25) is 9.89 Å². The fourth-order valence-corrected chi connectivity index (χ4v) is 2.32. The zero-order valence-electron chi connectivity index (χ0n) is 13.2. The fourth-order valence-electron chi connectivity index (χ4n) is 2.32. The van der Waals surface area contributed by atoms with Crippen LogP contribution in [0.25, 0.3) is 22.5 Å². The van der Waals surface area contributed by atoms with Gasteiger partial charge < -0.3 is 10.5 Å². The van der Waals surface area contributed by atoms with Gasteiger partial charge in [-0.25, -0.2) is 4.98 Å². The number of carbonyl (C=O) groups excluding carboxylic acids is 1. The third-order valence-corrected chi connectivity index (χ3v) is 3.43. The standard InChI is InChI=1S/C17H13F3N4O2/c18-17(19,20)9-26-13-7-2-1-6-12(13)10-4-3-5-11(8-10)15-22-16(14(21)25)24-23-15/h1-8H,9H2,(H2,21,25)(H,22,23,24). The number of nitrogens with one attached hydrogen (secondary N) is 1. The minimum Gasteiger partial charge on any atom is -0.483 e. The highest BCUT2D eigenvalue weighted by atomic mass is 19.4. The highest BCUT2D eigenvalue weighted by molar-refractivity contribution is 5.89. The van der Waals surface area contributed by atoms with E-state index in [0.29, 0.717) is 16.7 Å². The van der Waals surface area contributed by atoms with Gasteiger partial charge in [-0.15, -0.1) is 0 Å². The molecule has 1 aromatic heterocycles. The molecule has 3 aromatic rings. The van der Waals surface area contributed by atoms with Gasteiger partial charge in [0.15, 0.2) is 12.4 Å². The Hall–Kier alpha value is -3.36. The zero-order valence-corrected chi connectivity index (χ0v) is 13.2. The second kappa shape index (κ2) is 6.87. The Bertz CT molecular complexity index is 938. The van der Waals surface area contributed by atoms with Crippen LogP contribution in [0.3, 0.4) is 0 Å². The van der Waals surface area contributed by atoms with E-state index in [1.807, 2.05) is 0 Å². The maximum absolute atomic E-state index is 12.4. The van der Waals surface area contributed by atoms with Crippen molar-refractivity contribution >= 4 is 5.91 Å². The van der Waals surface area contributed by atoms with E-state index >= 15 is 0 Å². The molecule has 2 aromatic carbocycles. The third-order valence-electron chi connectivity index (χ3n) is 3.43. The summed E-state index contributed by atoms with van der Waals surface area (Å²) in [6.07, 6.45) is -4.43. The molecule has 9 heteroatoms. The van der Waals surface area contributed by atoms with Crippen LogP contribution in [0.5, 0.6) is 5.75 Å². The summed E-state index contributed by atoms with van der Waals surface area (Å²) in [7, 11) is 0. The molecule has 3 N–H and O–H groups in total. The van der Waals surface area contributed by atoms with E-state index in [0.717, 1.165) is 0 Å². The number of amides is 1. The number of alkyl halides is 3. The van der Waals surface area contributed by atoms with E-state index in [-0.39, 0.29) is 17.4 Å². The molecule has 1 heterocycles. The number of carbonyl (C=O) groups is 1. The number of nitrogens with zero attached hydrogens (tertiary/aromatic N) is 2. The van der Waals surface area contributed by atoms with E-state index in [1.165, 1.54) is 6.07 Å². The quantitative estimate of drug-likeness (QED) is 0.729. The van der Waals surface area contributed by atoms with Crippen molar-refractivity contribution in [3.05, 3.63) is 54.4 Å². The maximum atomic E-state index is 12.4. The lowest BCUT2D eigenvalue weighted by Crippen LogP contribution is -2.19. The lowest BCUT2D eigenvalue weighted by Gasteiger charge is -2.13. The number of hydrogen-bond acceptors (Lipinski definition) is 4. The Kier molecular flexibility index (Phi) is 4.61. The Morgan fingerprint density at radius 1 is 1.12 bits per heavy atom. The molecule has 0 radical (unpaired) electrons. The van der Waals surface area contributed by atoms with E-state index in [9.17, 15) is 18.0 Å². The number of nitrogens with two attached hydrogens (primary N) is 1. The van der Waals surface area contributed by atoms with Gasteiger partial charge in [0.1, 0.15) is 5.75 Å². The molecule has 134 valence electrons. The van der Waals surface area contributed by atoms with Crippen molar-refractivity contribution in [3.63, 3.8) is 0 Å². The predicted molar refractivity (Wildman–Crippen MR) is 87.3 cm³/mol. The summed E-state index contributed by atoms with van der Waals surface area (Å²) >= 11 is 0. The molecule has 0 atom stereocenters. The molecule has 0 aliphatic rings. The van der Waals surface area contributed by atoms with Gasteiger partial charge in [-0.1, -0.05) is 36.4 Å². The number of ether oxygens (including phenoxy) is 1. The molecule has 0 spiro atoms. The highest BCUT2D eigenvalue weighted by Gasteiger charge is 2.28. The first-order valence-corrected chi connectivity index (χ1v) is 7.45. The van der Waals surface area contributed by atoms with Crippen LogP contribution in [-0.2, 0) is 0 Å². The summed E-state index contributed by atoms with van der Waals surface area (Å²) in [5.74, 6) is -0.478. The highest BCUT2D eigenvalue weighted by Crippen LogP contribution is 2.32. The second-order valence-corrected chi connectivity index (χ2v) is 5.35. The smallest absolute Gasteiger partial charge is 0.422 e. The molecule has 0 saturated heterocycles. The molecule has 0 saturated carbocycles. The average molecular weight is 362 g/mol. The van der Waals surface area contributed by atoms with Crippen LogP contribution in [0.4, 0.5) is 13.2 Å². The van der Waals surface area contributed by atoms with Gasteiger partial charge in [-0.2, -0.15) is 18.3 Å². The normalized spacial score (nSPS) is 11.3. The first kappa shape index (κ1) is 17.5. The molecular formula is C17H13F3N4O2. The van der Waals surface area contributed by atoms with Crippen molar-refractivity contribution in [3.8, 4) is 28.3 Å². The van der Waals surface area contributed by atoms with Crippen LogP contribution in [0.2, 0.25) is 0 Å². The summed E-state index contributed by atoms with van der Waals surface area (Å²) in [5.41, 5.74) is 6.81. The number of para-hydroxylation sites is 1. The van der Waals surface area contributed by atoms with Crippen molar-refractivity contribution in [1.29, 1.82) is 0 Å². The second-order valence-electron chi connectivity index (χ2n) is 5.35. The Morgan fingerprint density at radius 2 is 1.85 bits per heavy atom. The molecule has 1 amide bonds. The molecule has 0 bridgehead atoms. The number of rotatable bonds is 5. The van der Waals surface area contributed by atoms with Gasteiger partial charge >= 0.3 is 6.18 Å². The first-order valence-electron chi connectivity index (χ1n) is 7.45. The van der Waals surface area contributed by atoms with Crippen molar-refractivity contribution in [1.82, 2.24) is 15.2 Å². The number of benzene rings is 2. The number of aromatic nitrogens is 3. The number of H-pyrrole nitrogens is 1. The number of halogens is 3. The minimum absolute atomic E-state index is 0.0840. The number of aromatic amines is 1. The monoisotopic (exact) mass is 362 g/mol. The van der Waals surface area contributed by atoms with Crippen molar-refractivity contribution < 1.29 is 22.7 Å². The Morgan fingerprint density at radius 3 is 2.54 bits per heavy atom. The lowest BCUT2D eigenvalue weighted by molar-refractivity contribution is -0.153. The van der Waals surface area contributed by atoms with Gasteiger partial charge in [0.2, 0.25) is 5.82 Å². The zero-order chi connectivity index (χ0) is 18.7. The molecule has 0 unspecified atom stereocenters. The molecule has 0 fully saturated rings. The van der Waals surface area contributed by atoms with E-state index < -0.39 is 18.7 Å². The van der Waals surface area contributed by atoms with Gasteiger partial charge in [0.25, 0.3) is 5.91 Å². The topological polar surface area (TPSA) is 93.9 Å². The largest absolute Gasteiger partial charge is 0.483 e. The molecule has 3 rings (SSSR count). The van der Waals surface area contributed by atoms with Crippen molar-refractivity contribution in [2.24, 2.45) is 5.73 Å². The van der Waals surface area contributed by atoms with E-state index in [1.54, 1.807) is 42.5 Å². The van der Waals surface area contributed by atoms with E-state index in [4.69, 9.17) is 10.5 Å². The lowest BCUT2D eigenvalue weighted by atomic mass is 10.0. The van der Waals surface area contributed by atoms with Crippen molar-refractivity contribution in [2.45, 2.75) is 6.18 Å². The Labute approximate surface area is 145 Å². The van der Waals surface area contributed by atoms with Gasteiger partial charge in [0.05, 0.1) is 0 Å². The van der Waals surface area contributed by atoms with Gasteiger partial charge in [0, 0.05) is 11.1 Å². The summed E-state index contributed by atoms with van der Waals surface area (Å²) < 4.78 is 42.3. The SMILES string of the molecule is NC(=O)c1nc(-c2cccc(-c3ccccc3OCC(F)(F)F)c2)n[nH]1.